The fourth-order valence-corrected chi connectivity index (χ4v) is 2.04. The van der Waals surface area contributed by atoms with Crippen LogP contribution < -0.4 is 0 Å². The van der Waals surface area contributed by atoms with Gasteiger partial charge in [0.2, 0.25) is 0 Å². The molecule has 0 saturated carbocycles. The summed E-state index contributed by atoms with van der Waals surface area (Å²) in [4.78, 5) is 15.8. The highest BCUT2D eigenvalue weighted by Gasteiger charge is 2.29. The standard InChI is InChI=1S/C14H24N2O2/c1-7-11-9-8-10-16(12(11)15(5)6)13(17)18-14(2,3)4/h7H,1,8-10H2,2-6H3. The molecule has 0 unspecified atom stereocenters. The van der Waals surface area contributed by atoms with Crippen molar-refractivity contribution in [3.05, 3.63) is 24.0 Å². The molecule has 0 fully saturated rings. The van der Waals surface area contributed by atoms with E-state index in [0.717, 1.165) is 24.2 Å². The van der Waals surface area contributed by atoms with Gasteiger partial charge in [-0.05, 0) is 39.2 Å². The molecular weight excluding hydrogens is 228 g/mol. The third kappa shape index (κ3) is 3.52. The first-order valence-corrected chi connectivity index (χ1v) is 6.29. The third-order valence-corrected chi connectivity index (χ3v) is 2.65. The molecule has 18 heavy (non-hydrogen) atoms. The summed E-state index contributed by atoms with van der Waals surface area (Å²) in [6.07, 6.45) is 3.44. The number of amides is 1. The average Bonchev–Trinajstić information content (AvgIpc) is 2.25. The van der Waals surface area contributed by atoms with E-state index in [1.165, 1.54) is 0 Å². The zero-order valence-corrected chi connectivity index (χ0v) is 12.1. The summed E-state index contributed by atoms with van der Waals surface area (Å²) in [5.74, 6) is 0.894. The minimum atomic E-state index is -0.472. The predicted octanol–water partition coefficient (Wildman–Crippen LogP) is 2.98. The molecule has 0 radical (unpaired) electrons. The van der Waals surface area contributed by atoms with Crippen LogP contribution in [-0.4, -0.2) is 42.1 Å². The molecule has 0 N–H and O–H groups in total. The zero-order valence-electron chi connectivity index (χ0n) is 12.1. The quantitative estimate of drug-likeness (QED) is 0.757. The normalized spacial score (nSPS) is 16.6. The number of hydrogen-bond acceptors (Lipinski definition) is 3. The van der Waals surface area contributed by atoms with Crippen LogP contribution in [0, 0.1) is 0 Å². The zero-order chi connectivity index (χ0) is 13.9. The molecule has 0 aromatic carbocycles. The summed E-state index contributed by atoms with van der Waals surface area (Å²) in [7, 11) is 3.86. The Morgan fingerprint density at radius 2 is 2.06 bits per heavy atom. The molecule has 1 rings (SSSR count). The van der Waals surface area contributed by atoms with E-state index in [2.05, 4.69) is 6.58 Å². The maximum absolute atomic E-state index is 12.2. The first-order chi connectivity index (χ1) is 8.26. The van der Waals surface area contributed by atoms with Gasteiger partial charge in [0, 0.05) is 20.6 Å². The van der Waals surface area contributed by atoms with Crippen molar-refractivity contribution in [3.8, 4) is 0 Å². The molecule has 1 aliphatic rings. The van der Waals surface area contributed by atoms with Crippen molar-refractivity contribution < 1.29 is 9.53 Å². The van der Waals surface area contributed by atoms with Gasteiger partial charge in [-0.2, -0.15) is 0 Å². The monoisotopic (exact) mass is 252 g/mol. The van der Waals surface area contributed by atoms with Crippen molar-refractivity contribution in [2.24, 2.45) is 0 Å². The largest absolute Gasteiger partial charge is 0.443 e. The Morgan fingerprint density at radius 3 is 2.50 bits per heavy atom. The minimum Gasteiger partial charge on any atom is -0.443 e. The molecule has 4 nitrogen and oxygen atoms in total. The Kier molecular flexibility index (Phi) is 4.43. The molecule has 0 aromatic heterocycles. The fourth-order valence-electron chi connectivity index (χ4n) is 2.04. The Balaban J connectivity index is 2.99. The first kappa shape index (κ1) is 14.6. The van der Waals surface area contributed by atoms with Crippen molar-refractivity contribution >= 4 is 6.09 Å². The lowest BCUT2D eigenvalue weighted by Gasteiger charge is -2.36. The van der Waals surface area contributed by atoms with Gasteiger partial charge in [-0.15, -0.1) is 0 Å². The summed E-state index contributed by atoms with van der Waals surface area (Å²) < 4.78 is 5.44. The molecule has 0 saturated heterocycles. The van der Waals surface area contributed by atoms with Gasteiger partial charge in [-0.3, -0.25) is 4.90 Å². The van der Waals surface area contributed by atoms with Crippen LogP contribution in [0.5, 0.6) is 0 Å². The number of carbonyl (C=O) groups is 1. The van der Waals surface area contributed by atoms with Crippen LogP contribution in [-0.2, 0) is 4.74 Å². The van der Waals surface area contributed by atoms with Crippen LogP contribution in [0.1, 0.15) is 33.6 Å². The SMILES string of the molecule is C=CC1=C(N(C)C)N(C(=O)OC(C)(C)C)CCC1. The molecule has 1 heterocycles. The van der Waals surface area contributed by atoms with Gasteiger partial charge in [0.05, 0.1) is 0 Å². The van der Waals surface area contributed by atoms with Gasteiger partial charge in [-0.1, -0.05) is 12.7 Å². The van der Waals surface area contributed by atoms with Crippen molar-refractivity contribution in [1.29, 1.82) is 0 Å². The molecular formula is C14H24N2O2. The molecule has 1 amide bonds. The lowest BCUT2D eigenvalue weighted by molar-refractivity contribution is 0.0252. The highest BCUT2D eigenvalue weighted by atomic mass is 16.6. The van der Waals surface area contributed by atoms with E-state index in [4.69, 9.17) is 4.74 Å². The van der Waals surface area contributed by atoms with Crippen molar-refractivity contribution in [1.82, 2.24) is 9.80 Å². The number of carbonyl (C=O) groups excluding carboxylic acids is 1. The second-order valence-electron chi connectivity index (χ2n) is 5.68. The number of allylic oxidation sites excluding steroid dienone is 2. The highest BCUT2D eigenvalue weighted by molar-refractivity contribution is 5.71. The second-order valence-corrected chi connectivity index (χ2v) is 5.68. The molecule has 102 valence electrons. The van der Waals surface area contributed by atoms with E-state index in [9.17, 15) is 4.79 Å². The smallest absolute Gasteiger partial charge is 0.415 e. The van der Waals surface area contributed by atoms with Crippen molar-refractivity contribution in [2.75, 3.05) is 20.6 Å². The molecule has 0 bridgehead atoms. The summed E-state index contributed by atoms with van der Waals surface area (Å²) >= 11 is 0. The predicted molar refractivity (Wildman–Crippen MR) is 73.1 cm³/mol. The second kappa shape index (κ2) is 5.46. The highest BCUT2D eigenvalue weighted by Crippen LogP contribution is 2.26. The summed E-state index contributed by atoms with van der Waals surface area (Å²) in [6.45, 7) is 10.1. The van der Waals surface area contributed by atoms with E-state index in [-0.39, 0.29) is 6.09 Å². The maximum atomic E-state index is 12.2. The van der Waals surface area contributed by atoms with Crippen molar-refractivity contribution in [3.63, 3.8) is 0 Å². The van der Waals surface area contributed by atoms with Gasteiger partial charge >= 0.3 is 6.09 Å². The summed E-state index contributed by atoms with van der Waals surface area (Å²) in [6, 6.07) is 0. The van der Waals surface area contributed by atoms with Gasteiger partial charge in [-0.25, -0.2) is 4.79 Å². The lowest BCUT2D eigenvalue weighted by atomic mass is 10.1. The van der Waals surface area contributed by atoms with Crippen LogP contribution in [0.4, 0.5) is 4.79 Å². The molecule has 0 aliphatic carbocycles. The molecule has 0 aromatic rings. The van der Waals surface area contributed by atoms with Crippen LogP contribution in [0.15, 0.2) is 24.0 Å². The molecule has 0 atom stereocenters. The lowest BCUT2D eigenvalue weighted by Crippen LogP contribution is -2.43. The minimum absolute atomic E-state index is 0.287. The third-order valence-electron chi connectivity index (χ3n) is 2.65. The molecule has 0 spiro atoms. The summed E-state index contributed by atoms with van der Waals surface area (Å²) in [5.41, 5.74) is 0.623. The number of rotatable bonds is 2. The van der Waals surface area contributed by atoms with Gasteiger partial charge in [0.25, 0.3) is 0 Å². The number of hydrogen-bond donors (Lipinski definition) is 0. The van der Waals surface area contributed by atoms with Gasteiger partial charge in [0.15, 0.2) is 0 Å². The fraction of sp³-hybridized carbons (Fsp3) is 0.643. The van der Waals surface area contributed by atoms with Crippen molar-refractivity contribution in [2.45, 2.75) is 39.2 Å². The number of ether oxygens (including phenoxy) is 1. The van der Waals surface area contributed by atoms with E-state index in [0.29, 0.717) is 6.54 Å². The number of nitrogens with zero attached hydrogens (tertiary/aromatic N) is 2. The Bertz CT molecular complexity index is 364. The van der Waals surface area contributed by atoms with Crippen LogP contribution in [0.3, 0.4) is 0 Å². The van der Waals surface area contributed by atoms with Gasteiger partial charge in [0.1, 0.15) is 11.4 Å². The van der Waals surface area contributed by atoms with E-state index < -0.39 is 5.60 Å². The Hall–Kier alpha value is -1.45. The van der Waals surface area contributed by atoms with Gasteiger partial charge < -0.3 is 9.64 Å². The average molecular weight is 252 g/mol. The first-order valence-electron chi connectivity index (χ1n) is 6.29. The topological polar surface area (TPSA) is 32.8 Å². The Labute approximate surface area is 110 Å². The van der Waals surface area contributed by atoms with E-state index in [1.54, 1.807) is 4.90 Å². The van der Waals surface area contributed by atoms with Crippen LogP contribution in [0.2, 0.25) is 0 Å². The molecule has 1 aliphatic heterocycles. The maximum Gasteiger partial charge on any atom is 0.415 e. The molecule has 4 heteroatoms. The van der Waals surface area contributed by atoms with E-state index in [1.807, 2.05) is 45.8 Å². The van der Waals surface area contributed by atoms with Crippen LogP contribution in [0.25, 0.3) is 0 Å². The van der Waals surface area contributed by atoms with E-state index >= 15 is 0 Å². The Morgan fingerprint density at radius 1 is 1.44 bits per heavy atom. The van der Waals surface area contributed by atoms with Crippen LogP contribution >= 0.6 is 0 Å². The summed E-state index contributed by atoms with van der Waals surface area (Å²) in [5, 5.41) is 0.